The van der Waals surface area contributed by atoms with Gasteiger partial charge in [0.05, 0.1) is 25.5 Å². The van der Waals surface area contributed by atoms with Gasteiger partial charge in [-0.15, -0.1) is 0 Å². The maximum absolute atomic E-state index is 11.9. The van der Waals surface area contributed by atoms with Gasteiger partial charge in [-0.1, -0.05) is 18.2 Å². The highest BCUT2D eigenvalue weighted by atomic mass is 16.5. The average molecular weight is 383 g/mol. The molecule has 0 aliphatic heterocycles. The van der Waals surface area contributed by atoms with Crippen molar-refractivity contribution in [3.63, 3.8) is 0 Å². The summed E-state index contributed by atoms with van der Waals surface area (Å²) in [7, 11) is 1.68. The SMILES string of the molecule is CCOC(=O)CC[C@H]1CCc2cccnc2[C@H]1N[C@@H](C)c1ccc(OC)cc1. The molecule has 0 saturated heterocycles. The van der Waals surface area contributed by atoms with E-state index in [2.05, 4.69) is 35.4 Å². The third-order valence-corrected chi connectivity index (χ3v) is 5.55. The third kappa shape index (κ3) is 4.90. The lowest BCUT2D eigenvalue weighted by molar-refractivity contribution is -0.143. The Labute approximate surface area is 167 Å². The quantitative estimate of drug-likeness (QED) is 0.686. The molecule has 0 bridgehead atoms. The van der Waals surface area contributed by atoms with Gasteiger partial charge in [0.2, 0.25) is 0 Å². The van der Waals surface area contributed by atoms with Crippen molar-refractivity contribution >= 4 is 5.97 Å². The molecule has 1 heterocycles. The van der Waals surface area contributed by atoms with Crippen LogP contribution in [0, 0.1) is 5.92 Å². The van der Waals surface area contributed by atoms with Crippen LogP contribution < -0.4 is 10.1 Å². The number of nitrogens with zero attached hydrogens (tertiary/aromatic N) is 1. The fraction of sp³-hybridized carbons (Fsp3) is 0.478. The molecule has 0 amide bonds. The van der Waals surface area contributed by atoms with Crippen LogP contribution in [0.2, 0.25) is 0 Å². The zero-order chi connectivity index (χ0) is 19.9. The molecular formula is C23H30N2O3. The number of methoxy groups -OCH3 is 1. The van der Waals surface area contributed by atoms with Gasteiger partial charge in [-0.25, -0.2) is 0 Å². The van der Waals surface area contributed by atoms with E-state index in [0.29, 0.717) is 18.9 Å². The average Bonchev–Trinajstić information content (AvgIpc) is 2.73. The number of aryl methyl sites for hydroxylation is 1. The van der Waals surface area contributed by atoms with Gasteiger partial charge in [-0.05, 0) is 68.4 Å². The van der Waals surface area contributed by atoms with Gasteiger partial charge in [0.25, 0.3) is 0 Å². The van der Waals surface area contributed by atoms with Gasteiger partial charge < -0.3 is 14.8 Å². The highest BCUT2D eigenvalue weighted by Crippen LogP contribution is 2.37. The van der Waals surface area contributed by atoms with Crippen molar-refractivity contribution in [2.45, 2.75) is 51.6 Å². The summed E-state index contributed by atoms with van der Waals surface area (Å²) in [6.45, 7) is 4.45. The number of ether oxygens (including phenoxy) is 2. The molecule has 28 heavy (non-hydrogen) atoms. The molecule has 0 fully saturated rings. The van der Waals surface area contributed by atoms with Crippen LogP contribution in [-0.2, 0) is 16.0 Å². The Morgan fingerprint density at radius 3 is 2.79 bits per heavy atom. The highest BCUT2D eigenvalue weighted by Gasteiger charge is 2.32. The minimum Gasteiger partial charge on any atom is -0.497 e. The van der Waals surface area contributed by atoms with Crippen LogP contribution >= 0.6 is 0 Å². The van der Waals surface area contributed by atoms with E-state index < -0.39 is 0 Å². The second-order valence-corrected chi connectivity index (χ2v) is 7.33. The van der Waals surface area contributed by atoms with Gasteiger partial charge in [0, 0.05) is 18.7 Å². The van der Waals surface area contributed by atoms with Crippen LogP contribution in [0.4, 0.5) is 0 Å². The smallest absolute Gasteiger partial charge is 0.305 e. The first-order chi connectivity index (χ1) is 13.6. The number of benzene rings is 1. The third-order valence-electron chi connectivity index (χ3n) is 5.55. The second kappa shape index (κ2) is 9.69. The number of nitrogens with one attached hydrogen (secondary N) is 1. The number of aromatic nitrogens is 1. The maximum Gasteiger partial charge on any atom is 0.305 e. The van der Waals surface area contributed by atoms with Crippen molar-refractivity contribution in [3.8, 4) is 5.75 Å². The first-order valence-corrected chi connectivity index (χ1v) is 10.1. The molecule has 1 aromatic carbocycles. The number of carbonyl (C=O) groups is 1. The Morgan fingerprint density at radius 2 is 2.07 bits per heavy atom. The van der Waals surface area contributed by atoms with Crippen LogP contribution in [0.15, 0.2) is 42.6 Å². The zero-order valence-electron chi connectivity index (χ0n) is 17.0. The molecule has 0 saturated carbocycles. The summed E-state index contributed by atoms with van der Waals surface area (Å²) in [6.07, 6.45) is 5.17. The molecule has 1 aromatic heterocycles. The molecule has 150 valence electrons. The highest BCUT2D eigenvalue weighted by molar-refractivity contribution is 5.69. The maximum atomic E-state index is 11.9. The van der Waals surface area contributed by atoms with Crippen molar-refractivity contribution in [2.75, 3.05) is 13.7 Å². The van der Waals surface area contributed by atoms with Gasteiger partial charge >= 0.3 is 5.97 Å². The number of hydrogen-bond donors (Lipinski definition) is 1. The van der Waals surface area contributed by atoms with Crippen molar-refractivity contribution in [1.82, 2.24) is 10.3 Å². The summed E-state index contributed by atoms with van der Waals surface area (Å²) < 4.78 is 10.4. The van der Waals surface area contributed by atoms with Crippen LogP contribution in [0.1, 0.15) is 62.0 Å². The van der Waals surface area contributed by atoms with Gasteiger partial charge in [0.1, 0.15) is 5.75 Å². The van der Waals surface area contributed by atoms with E-state index in [-0.39, 0.29) is 18.1 Å². The topological polar surface area (TPSA) is 60.5 Å². The number of rotatable bonds is 8. The second-order valence-electron chi connectivity index (χ2n) is 7.33. The molecule has 5 heteroatoms. The fourth-order valence-corrected chi connectivity index (χ4v) is 3.99. The van der Waals surface area contributed by atoms with E-state index in [0.717, 1.165) is 30.7 Å². The van der Waals surface area contributed by atoms with Crippen molar-refractivity contribution in [3.05, 3.63) is 59.4 Å². The first-order valence-electron chi connectivity index (χ1n) is 10.1. The monoisotopic (exact) mass is 382 g/mol. The summed E-state index contributed by atoms with van der Waals surface area (Å²) in [4.78, 5) is 16.6. The standard InChI is InChI=1S/C23H30N2O3/c1-4-28-21(26)14-11-19-8-7-18-6-5-15-24-22(18)23(19)25-16(2)17-9-12-20(27-3)13-10-17/h5-6,9-10,12-13,15-16,19,23,25H,4,7-8,11,14H2,1-3H3/t16-,19+,23-/m0/s1. The Hall–Kier alpha value is -2.40. The lowest BCUT2D eigenvalue weighted by atomic mass is 9.79. The molecule has 1 N–H and O–H groups in total. The normalized spacial score (nSPS) is 19.5. The summed E-state index contributed by atoms with van der Waals surface area (Å²) >= 11 is 0. The molecule has 0 spiro atoms. The molecule has 3 atom stereocenters. The van der Waals surface area contributed by atoms with E-state index in [4.69, 9.17) is 9.47 Å². The number of pyridine rings is 1. The Balaban J connectivity index is 1.76. The lowest BCUT2D eigenvalue weighted by Crippen LogP contribution is -2.35. The number of hydrogen-bond acceptors (Lipinski definition) is 5. The van der Waals surface area contributed by atoms with Gasteiger partial charge in [0.15, 0.2) is 0 Å². The first kappa shape index (κ1) is 20.3. The van der Waals surface area contributed by atoms with Crippen molar-refractivity contribution < 1.29 is 14.3 Å². The van der Waals surface area contributed by atoms with E-state index in [1.165, 1.54) is 11.1 Å². The van der Waals surface area contributed by atoms with Crippen LogP contribution in [-0.4, -0.2) is 24.7 Å². The lowest BCUT2D eigenvalue weighted by Gasteiger charge is -2.35. The van der Waals surface area contributed by atoms with E-state index in [1.807, 2.05) is 31.3 Å². The largest absolute Gasteiger partial charge is 0.497 e. The van der Waals surface area contributed by atoms with Crippen LogP contribution in [0.25, 0.3) is 0 Å². The molecule has 0 radical (unpaired) electrons. The summed E-state index contributed by atoms with van der Waals surface area (Å²) in [5.41, 5.74) is 3.62. The molecule has 1 aliphatic rings. The predicted molar refractivity (Wildman–Crippen MR) is 109 cm³/mol. The van der Waals surface area contributed by atoms with Crippen LogP contribution in [0.5, 0.6) is 5.75 Å². The molecular weight excluding hydrogens is 352 g/mol. The minimum absolute atomic E-state index is 0.115. The Kier molecular flexibility index (Phi) is 7.04. The zero-order valence-corrected chi connectivity index (χ0v) is 17.0. The minimum atomic E-state index is -0.115. The predicted octanol–water partition coefficient (Wildman–Crippen LogP) is 4.39. The van der Waals surface area contributed by atoms with Crippen molar-refractivity contribution in [1.29, 1.82) is 0 Å². The van der Waals surface area contributed by atoms with E-state index >= 15 is 0 Å². The molecule has 5 nitrogen and oxygen atoms in total. The van der Waals surface area contributed by atoms with Gasteiger partial charge in [-0.2, -0.15) is 0 Å². The molecule has 0 unspecified atom stereocenters. The number of esters is 1. The van der Waals surface area contributed by atoms with E-state index in [1.54, 1.807) is 7.11 Å². The molecule has 3 rings (SSSR count). The van der Waals surface area contributed by atoms with Crippen molar-refractivity contribution in [2.24, 2.45) is 5.92 Å². The summed E-state index contributed by atoms with van der Waals surface area (Å²) in [5, 5.41) is 3.78. The number of carbonyl (C=O) groups excluding carboxylic acids is 1. The van der Waals surface area contributed by atoms with E-state index in [9.17, 15) is 4.79 Å². The number of fused-ring (bicyclic) bond motifs is 1. The molecule has 1 aliphatic carbocycles. The Morgan fingerprint density at radius 1 is 1.29 bits per heavy atom. The summed E-state index contributed by atoms with van der Waals surface area (Å²) in [6, 6.07) is 12.6. The van der Waals surface area contributed by atoms with Crippen LogP contribution in [0.3, 0.4) is 0 Å². The summed E-state index contributed by atoms with van der Waals surface area (Å²) in [5.74, 6) is 1.09. The van der Waals surface area contributed by atoms with Gasteiger partial charge in [-0.3, -0.25) is 9.78 Å². The molecule has 2 aromatic rings. The fourth-order valence-electron chi connectivity index (χ4n) is 3.99. The Bertz CT molecular complexity index is 776.